The molecule has 0 aliphatic heterocycles. The zero-order chi connectivity index (χ0) is 8.97. The molecular weight excluding hydrogens is 152 g/mol. The molecule has 3 nitrogen and oxygen atoms in total. The number of ether oxygens (including phenoxy) is 1. The van der Waals surface area contributed by atoms with E-state index in [9.17, 15) is 0 Å². The first kappa shape index (κ1) is 9.00. The van der Waals surface area contributed by atoms with E-state index in [1.165, 1.54) is 0 Å². The van der Waals surface area contributed by atoms with E-state index in [1.54, 1.807) is 13.3 Å². The van der Waals surface area contributed by atoms with Gasteiger partial charge in [0.05, 0.1) is 7.11 Å². The van der Waals surface area contributed by atoms with Crippen LogP contribution < -0.4 is 10.5 Å². The zero-order valence-electron chi connectivity index (χ0n) is 7.45. The molecule has 0 aliphatic carbocycles. The lowest BCUT2D eigenvalue weighted by Gasteiger charge is -2.05. The van der Waals surface area contributed by atoms with E-state index in [0.717, 1.165) is 17.9 Å². The van der Waals surface area contributed by atoms with Gasteiger partial charge in [-0.3, -0.25) is 4.98 Å². The number of rotatable bonds is 3. The van der Waals surface area contributed by atoms with E-state index >= 15 is 0 Å². The predicted molar refractivity (Wildman–Crippen MR) is 48.1 cm³/mol. The molecule has 0 aromatic carbocycles. The van der Waals surface area contributed by atoms with E-state index in [4.69, 9.17) is 10.5 Å². The predicted octanol–water partition coefficient (Wildman–Crippen LogP) is 0.980. The van der Waals surface area contributed by atoms with Crippen molar-refractivity contribution >= 4 is 0 Å². The van der Waals surface area contributed by atoms with Gasteiger partial charge in [-0.15, -0.1) is 0 Å². The number of hydrogen-bond donors (Lipinski definition) is 1. The molecule has 0 bridgehead atoms. The Kier molecular flexibility index (Phi) is 3.05. The third kappa shape index (κ3) is 2.51. The van der Waals surface area contributed by atoms with Gasteiger partial charge in [0.2, 0.25) is 0 Å². The van der Waals surface area contributed by atoms with E-state index in [2.05, 4.69) is 4.98 Å². The van der Waals surface area contributed by atoms with Crippen LogP contribution in [-0.2, 0) is 6.42 Å². The monoisotopic (exact) mass is 166 g/mol. The Morgan fingerprint density at radius 2 is 2.42 bits per heavy atom. The van der Waals surface area contributed by atoms with E-state index in [-0.39, 0.29) is 6.04 Å². The summed E-state index contributed by atoms with van der Waals surface area (Å²) in [5, 5.41) is 0. The van der Waals surface area contributed by atoms with E-state index < -0.39 is 0 Å². The molecule has 0 amide bonds. The summed E-state index contributed by atoms with van der Waals surface area (Å²) in [4.78, 5) is 4.17. The summed E-state index contributed by atoms with van der Waals surface area (Å²) in [6, 6.07) is 3.87. The second-order valence-electron chi connectivity index (χ2n) is 2.87. The van der Waals surface area contributed by atoms with Crippen molar-refractivity contribution in [3.63, 3.8) is 0 Å². The molecule has 0 saturated heterocycles. The average molecular weight is 166 g/mol. The summed E-state index contributed by atoms with van der Waals surface area (Å²) < 4.78 is 5.06. The SMILES string of the molecule is COc1ccnc(C[C@@H](C)N)c1. The number of pyridine rings is 1. The van der Waals surface area contributed by atoms with Crippen LogP contribution in [0.5, 0.6) is 5.75 Å². The molecule has 3 heteroatoms. The van der Waals surface area contributed by atoms with Crippen LogP contribution >= 0.6 is 0 Å². The van der Waals surface area contributed by atoms with Crippen molar-refractivity contribution in [3.05, 3.63) is 24.0 Å². The highest BCUT2D eigenvalue weighted by Gasteiger charge is 1.99. The maximum absolute atomic E-state index is 5.64. The summed E-state index contributed by atoms with van der Waals surface area (Å²) in [5.74, 6) is 0.834. The van der Waals surface area contributed by atoms with Crippen LogP contribution in [0.15, 0.2) is 18.3 Å². The number of hydrogen-bond acceptors (Lipinski definition) is 3. The van der Waals surface area contributed by atoms with Crippen LogP contribution in [0.3, 0.4) is 0 Å². The Labute approximate surface area is 72.6 Å². The van der Waals surface area contributed by atoms with Crippen molar-refractivity contribution in [2.75, 3.05) is 7.11 Å². The molecule has 66 valence electrons. The normalized spacial score (nSPS) is 12.6. The van der Waals surface area contributed by atoms with Gasteiger partial charge in [0.25, 0.3) is 0 Å². The Balaban J connectivity index is 2.72. The number of nitrogens with two attached hydrogens (primary N) is 1. The maximum atomic E-state index is 5.64. The molecule has 2 N–H and O–H groups in total. The molecule has 0 fully saturated rings. The first-order valence-electron chi connectivity index (χ1n) is 3.97. The third-order valence-corrected chi connectivity index (χ3v) is 1.55. The zero-order valence-corrected chi connectivity index (χ0v) is 7.45. The third-order valence-electron chi connectivity index (χ3n) is 1.55. The first-order valence-corrected chi connectivity index (χ1v) is 3.97. The van der Waals surface area contributed by atoms with Gasteiger partial charge in [-0.05, 0) is 13.0 Å². The fourth-order valence-corrected chi connectivity index (χ4v) is 1.02. The van der Waals surface area contributed by atoms with Crippen molar-refractivity contribution in [1.29, 1.82) is 0 Å². The van der Waals surface area contributed by atoms with Gasteiger partial charge in [0.1, 0.15) is 5.75 Å². The highest BCUT2D eigenvalue weighted by atomic mass is 16.5. The van der Waals surface area contributed by atoms with Gasteiger partial charge in [0.15, 0.2) is 0 Å². The van der Waals surface area contributed by atoms with Gasteiger partial charge < -0.3 is 10.5 Å². The van der Waals surface area contributed by atoms with Crippen LogP contribution in [0.25, 0.3) is 0 Å². The Bertz CT molecular complexity index is 248. The summed E-state index contributed by atoms with van der Waals surface area (Å²) in [6.45, 7) is 1.96. The number of methoxy groups -OCH3 is 1. The van der Waals surface area contributed by atoms with Crippen molar-refractivity contribution < 1.29 is 4.74 Å². The van der Waals surface area contributed by atoms with Gasteiger partial charge in [-0.2, -0.15) is 0 Å². The van der Waals surface area contributed by atoms with Crippen LogP contribution in [0.4, 0.5) is 0 Å². The fraction of sp³-hybridized carbons (Fsp3) is 0.444. The minimum Gasteiger partial charge on any atom is -0.497 e. The van der Waals surface area contributed by atoms with Crippen molar-refractivity contribution in [1.82, 2.24) is 4.98 Å². The molecule has 12 heavy (non-hydrogen) atoms. The Morgan fingerprint density at radius 3 is 3.00 bits per heavy atom. The number of nitrogens with zero attached hydrogens (tertiary/aromatic N) is 1. The van der Waals surface area contributed by atoms with Crippen molar-refractivity contribution in [2.45, 2.75) is 19.4 Å². The number of aromatic nitrogens is 1. The molecule has 1 atom stereocenters. The minimum absolute atomic E-state index is 0.143. The van der Waals surface area contributed by atoms with E-state index in [1.807, 2.05) is 19.1 Å². The molecule has 1 heterocycles. The highest BCUT2D eigenvalue weighted by molar-refractivity contribution is 5.22. The van der Waals surface area contributed by atoms with Gasteiger partial charge in [0, 0.05) is 30.4 Å². The summed E-state index contributed by atoms with van der Waals surface area (Å²) >= 11 is 0. The molecular formula is C9H14N2O. The lowest BCUT2D eigenvalue weighted by Crippen LogP contribution is -2.18. The molecule has 1 aromatic rings. The second-order valence-corrected chi connectivity index (χ2v) is 2.87. The average Bonchev–Trinajstić information content (AvgIpc) is 2.03. The van der Waals surface area contributed by atoms with Gasteiger partial charge in [-0.1, -0.05) is 0 Å². The maximum Gasteiger partial charge on any atom is 0.122 e. The Morgan fingerprint density at radius 1 is 1.67 bits per heavy atom. The molecule has 0 aliphatic rings. The minimum atomic E-state index is 0.143. The van der Waals surface area contributed by atoms with Crippen molar-refractivity contribution in [2.24, 2.45) is 5.73 Å². The lowest BCUT2D eigenvalue weighted by molar-refractivity contribution is 0.413. The molecule has 0 saturated carbocycles. The summed E-state index contributed by atoms with van der Waals surface area (Å²) in [6.07, 6.45) is 2.52. The molecule has 1 aromatic heterocycles. The quantitative estimate of drug-likeness (QED) is 0.728. The topological polar surface area (TPSA) is 48.1 Å². The molecule has 0 spiro atoms. The molecule has 1 rings (SSSR count). The van der Waals surface area contributed by atoms with Crippen molar-refractivity contribution in [3.8, 4) is 5.75 Å². The first-order chi connectivity index (χ1) is 5.72. The lowest BCUT2D eigenvalue weighted by atomic mass is 10.2. The van der Waals surface area contributed by atoms with Crippen LogP contribution in [0.1, 0.15) is 12.6 Å². The van der Waals surface area contributed by atoms with Crippen LogP contribution in [-0.4, -0.2) is 18.1 Å². The second kappa shape index (κ2) is 4.07. The summed E-state index contributed by atoms with van der Waals surface area (Å²) in [5.41, 5.74) is 6.61. The van der Waals surface area contributed by atoms with Crippen LogP contribution in [0, 0.1) is 0 Å². The Hall–Kier alpha value is -1.09. The molecule has 0 unspecified atom stereocenters. The fourth-order valence-electron chi connectivity index (χ4n) is 1.02. The van der Waals surface area contributed by atoms with Gasteiger partial charge in [-0.25, -0.2) is 0 Å². The highest BCUT2D eigenvalue weighted by Crippen LogP contribution is 2.10. The summed E-state index contributed by atoms with van der Waals surface area (Å²) in [7, 11) is 1.64. The van der Waals surface area contributed by atoms with Gasteiger partial charge >= 0.3 is 0 Å². The smallest absolute Gasteiger partial charge is 0.122 e. The molecule has 0 radical (unpaired) electrons. The van der Waals surface area contributed by atoms with E-state index in [0.29, 0.717) is 0 Å². The standard InChI is InChI=1S/C9H14N2O/c1-7(10)5-8-6-9(12-2)3-4-11-8/h3-4,6-7H,5,10H2,1-2H3/t7-/m1/s1. The largest absolute Gasteiger partial charge is 0.497 e. The van der Waals surface area contributed by atoms with Crippen LogP contribution in [0.2, 0.25) is 0 Å².